The van der Waals surface area contributed by atoms with E-state index in [1.54, 1.807) is 24.1 Å². The Kier molecular flexibility index (Phi) is 4.35. The highest BCUT2D eigenvalue weighted by Crippen LogP contribution is 2.40. The summed E-state index contributed by atoms with van der Waals surface area (Å²) in [6.07, 6.45) is 2.15. The maximum Gasteiger partial charge on any atom is 0.260 e. The minimum absolute atomic E-state index is 0.154. The molecule has 0 unspecified atom stereocenters. The molecule has 0 spiro atoms. The zero-order valence-corrected chi connectivity index (χ0v) is 15.4. The Bertz CT molecular complexity index is 965. The zero-order valence-electron chi connectivity index (χ0n) is 15.4. The van der Waals surface area contributed by atoms with Crippen molar-refractivity contribution >= 4 is 11.6 Å². The number of ether oxygens (including phenoxy) is 1. The van der Waals surface area contributed by atoms with Crippen molar-refractivity contribution in [2.24, 2.45) is 0 Å². The molecule has 4 rings (SSSR count). The first-order chi connectivity index (χ1) is 13.1. The molecular formula is C20H20N4O3. The molecule has 1 aliphatic heterocycles. The van der Waals surface area contributed by atoms with Crippen LogP contribution in [0.5, 0.6) is 5.88 Å². The summed E-state index contributed by atoms with van der Waals surface area (Å²) < 4.78 is 10.6. The lowest BCUT2D eigenvalue weighted by Crippen LogP contribution is -2.32. The SMILES string of the molecule is COc1ccc(C(=O)N2c3ccccc3C[C@H]2c2nc(C(C)C)no2)cn1. The molecule has 7 nitrogen and oxygen atoms in total. The second-order valence-electron chi connectivity index (χ2n) is 6.76. The first-order valence-electron chi connectivity index (χ1n) is 8.83. The highest BCUT2D eigenvalue weighted by Gasteiger charge is 2.38. The van der Waals surface area contributed by atoms with E-state index in [4.69, 9.17) is 9.26 Å². The number of methoxy groups -OCH3 is 1. The average molecular weight is 364 g/mol. The number of para-hydroxylation sites is 1. The molecular weight excluding hydrogens is 344 g/mol. The van der Waals surface area contributed by atoms with Crippen LogP contribution in [0.1, 0.15) is 53.4 Å². The van der Waals surface area contributed by atoms with Crippen molar-refractivity contribution in [3.05, 3.63) is 65.4 Å². The van der Waals surface area contributed by atoms with Crippen LogP contribution in [0.4, 0.5) is 5.69 Å². The van der Waals surface area contributed by atoms with Crippen LogP contribution in [0.3, 0.4) is 0 Å². The molecule has 1 amide bonds. The summed E-state index contributed by atoms with van der Waals surface area (Å²) in [7, 11) is 1.54. The van der Waals surface area contributed by atoms with E-state index in [2.05, 4.69) is 15.1 Å². The number of carbonyl (C=O) groups is 1. The van der Waals surface area contributed by atoms with Gasteiger partial charge in [0.2, 0.25) is 11.8 Å². The van der Waals surface area contributed by atoms with E-state index in [1.165, 1.54) is 6.20 Å². The van der Waals surface area contributed by atoms with E-state index in [9.17, 15) is 4.79 Å². The van der Waals surface area contributed by atoms with Gasteiger partial charge >= 0.3 is 0 Å². The third kappa shape index (κ3) is 3.05. The molecule has 0 radical (unpaired) electrons. The van der Waals surface area contributed by atoms with Gasteiger partial charge in [0, 0.05) is 30.3 Å². The summed E-state index contributed by atoms with van der Waals surface area (Å²) in [6.45, 7) is 4.01. The quantitative estimate of drug-likeness (QED) is 0.704. The van der Waals surface area contributed by atoms with Gasteiger partial charge in [-0.3, -0.25) is 9.69 Å². The molecule has 2 aromatic heterocycles. The van der Waals surface area contributed by atoms with Crippen molar-refractivity contribution in [1.82, 2.24) is 15.1 Å². The lowest BCUT2D eigenvalue weighted by Gasteiger charge is -2.23. The number of pyridine rings is 1. The molecule has 0 saturated heterocycles. The van der Waals surface area contributed by atoms with Crippen molar-refractivity contribution in [1.29, 1.82) is 0 Å². The summed E-state index contributed by atoms with van der Waals surface area (Å²) in [5, 5.41) is 4.06. The van der Waals surface area contributed by atoms with Crippen LogP contribution in [0.15, 0.2) is 47.1 Å². The fourth-order valence-electron chi connectivity index (χ4n) is 3.22. The summed E-state index contributed by atoms with van der Waals surface area (Å²) in [5.41, 5.74) is 2.40. The van der Waals surface area contributed by atoms with Gasteiger partial charge in [-0.2, -0.15) is 4.98 Å². The van der Waals surface area contributed by atoms with Crippen LogP contribution in [0.2, 0.25) is 0 Å². The minimum Gasteiger partial charge on any atom is -0.481 e. The van der Waals surface area contributed by atoms with Gasteiger partial charge in [-0.05, 0) is 17.7 Å². The monoisotopic (exact) mass is 364 g/mol. The molecule has 0 aliphatic carbocycles. The highest BCUT2D eigenvalue weighted by molar-refractivity contribution is 6.07. The fraction of sp³-hybridized carbons (Fsp3) is 0.300. The van der Waals surface area contributed by atoms with E-state index in [0.29, 0.717) is 29.6 Å². The van der Waals surface area contributed by atoms with Crippen LogP contribution >= 0.6 is 0 Å². The van der Waals surface area contributed by atoms with Gasteiger partial charge in [0.05, 0.1) is 12.7 Å². The second kappa shape index (κ2) is 6.83. The first kappa shape index (κ1) is 17.2. The number of benzene rings is 1. The van der Waals surface area contributed by atoms with Gasteiger partial charge in [-0.25, -0.2) is 4.98 Å². The van der Waals surface area contributed by atoms with Crippen molar-refractivity contribution in [2.75, 3.05) is 12.0 Å². The van der Waals surface area contributed by atoms with Gasteiger partial charge < -0.3 is 9.26 Å². The summed E-state index contributed by atoms with van der Waals surface area (Å²) in [5.74, 6) is 1.54. The topological polar surface area (TPSA) is 81.4 Å². The van der Waals surface area contributed by atoms with Crippen LogP contribution in [-0.4, -0.2) is 28.1 Å². The Hall–Kier alpha value is -3.22. The fourth-order valence-corrected chi connectivity index (χ4v) is 3.22. The second-order valence-corrected chi connectivity index (χ2v) is 6.76. The van der Waals surface area contributed by atoms with Crippen LogP contribution in [0.25, 0.3) is 0 Å². The zero-order chi connectivity index (χ0) is 19.0. The van der Waals surface area contributed by atoms with E-state index in [0.717, 1.165) is 11.3 Å². The molecule has 1 aliphatic rings. The molecule has 3 heterocycles. The Morgan fingerprint density at radius 1 is 1.26 bits per heavy atom. The average Bonchev–Trinajstić information content (AvgIpc) is 3.32. The van der Waals surface area contributed by atoms with Crippen molar-refractivity contribution < 1.29 is 14.1 Å². The molecule has 3 aromatic rings. The largest absolute Gasteiger partial charge is 0.481 e. The van der Waals surface area contributed by atoms with Crippen LogP contribution < -0.4 is 9.64 Å². The Balaban J connectivity index is 1.73. The number of anilines is 1. The number of carbonyl (C=O) groups excluding carboxylic acids is 1. The lowest BCUT2D eigenvalue weighted by atomic mass is 10.1. The number of aromatic nitrogens is 3. The van der Waals surface area contributed by atoms with E-state index in [1.807, 2.05) is 38.1 Å². The van der Waals surface area contributed by atoms with Gasteiger partial charge in [0.25, 0.3) is 5.91 Å². The van der Waals surface area contributed by atoms with Gasteiger partial charge in [-0.15, -0.1) is 0 Å². The molecule has 7 heteroatoms. The molecule has 0 bridgehead atoms. The Morgan fingerprint density at radius 2 is 2.07 bits per heavy atom. The molecule has 1 atom stereocenters. The molecule has 1 aromatic carbocycles. The Morgan fingerprint density at radius 3 is 2.74 bits per heavy atom. The molecule has 0 fully saturated rings. The third-order valence-electron chi connectivity index (χ3n) is 4.65. The summed E-state index contributed by atoms with van der Waals surface area (Å²) in [4.78, 5) is 23.7. The number of fused-ring (bicyclic) bond motifs is 1. The van der Waals surface area contributed by atoms with Gasteiger partial charge in [0.1, 0.15) is 6.04 Å². The third-order valence-corrected chi connectivity index (χ3v) is 4.65. The molecule has 0 saturated carbocycles. The lowest BCUT2D eigenvalue weighted by molar-refractivity contribution is 0.0974. The van der Waals surface area contributed by atoms with E-state index >= 15 is 0 Å². The van der Waals surface area contributed by atoms with Gasteiger partial charge in [-0.1, -0.05) is 37.2 Å². The maximum absolute atomic E-state index is 13.3. The van der Waals surface area contributed by atoms with Gasteiger partial charge in [0.15, 0.2) is 5.82 Å². The van der Waals surface area contributed by atoms with Crippen molar-refractivity contribution in [3.63, 3.8) is 0 Å². The Labute approximate surface area is 157 Å². The van der Waals surface area contributed by atoms with Crippen molar-refractivity contribution in [3.8, 4) is 5.88 Å². The molecule has 138 valence electrons. The van der Waals surface area contributed by atoms with Crippen LogP contribution in [0, 0.1) is 0 Å². The molecule has 0 N–H and O–H groups in total. The first-order valence-corrected chi connectivity index (χ1v) is 8.83. The number of hydrogen-bond acceptors (Lipinski definition) is 6. The summed E-state index contributed by atoms with van der Waals surface area (Å²) in [6, 6.07) is 10.9. The maximum atomic E-state index is 13.3. The normalized spacial score (nSPS) is 15.9. The van der Waals surface area contributed by atoms with Crippen LogP contribution in [-0.2, 0) is 6.42 Å². The molecule has 27 heavy (non-hydrogen) atoms. The predicted molar refractivity (Wildman–Crippen MR) is 98.9 cm³/mol. The number of amides is 1. The number of hydrogen-bond donors (Lipinski definition) is 0. The summed E-state index contributed by atoms with van der Waals surface area (Å²) >= 11 is 0. The van der Waals surface area contributed by atoms with E-state index < -0.39 is 0 Å². The number of rotatable bonds is 4. The van der Waals surface area contributed by atoms with E-state index in [-0.39, 0.29) is 17.9 Å². The standard InChI is InChI=1S/C20H20N4O3/c1-12(2)18-22-19(27-23-18)16-10-13-6-4-5-7-15(13)24(16)20(25)14-8-9-17(26-3)21-11-14/h4-9,11-12,16H,10H2,1-3H3/t16-/m0/s1. The predicted octanol–water partition coefficient (Wildman–Crippen LogP) is 3.54. The number of nitrogens with zero attached hydrogens (tertiary/aromatic N) is 4. The smallest absolute Gasteiger partial charge is 0.260 e. The van der Waals surface area contributed by atoms with Crippen molar-refractivity contribution in [2.45, 2.75) is 32.2 Å². The minimum atomic E-state index is -0.336. The highest BCUT2D eigenvalue weighted by atomic mass is 16.5.